The molecule has 2 aromatic rings. The lowest BCUT2D eigenvalue weighted by atomic mass is 9.88. The second-order valence-electron chi connectivity index (χ2n) is 6.68. The van der Waals surface area contributed by atoms with Crippen LogP contribution >= 0.6 is 11.3 Å². The van der Waals surface area contributed by atoms with Crippen LogP contribution in [0, 0.1) is 5.92 Å². The van der Waals surface area contributed by atoms with Crippen molar-refractivity contribution >= 4 is 38.7 Å². The van der Waals surface area contributed by atoms with Crippen LogP contribution in [0.15, 0.2) is 28.5 Å². The molecular formula is C18H19NO5S2. The number of aromatic carboxylic acids is 1. The zero-order valence-corrected chi connectivity index (χ0v) is 16.0. The Kier molecular flexibility index (Phi) is 4.90. The number of sulfone groups is 1. The van der Waals surface area contributed by atoms with Crippen molar-refractivity contribution in [2.24, 2.45) is 5.92 Å². The predicted molar refractivity (Wildman–Crippen MR) is 100.0 cm³/mol. The third-order valence-corrected chi connectivity index (χ3v) is 6.63. The SMILES string of the molecule is CC1CCc2c(C(=O)Nc3cc(C(=O)O)cc(S(C)(=O)=O)c3)csc2C1. The molecule has 0 saturated heterocycles. The maximum Gasteiger partial charge on any atom is 0.335 e. The van der Waals surface area contributed by atoms with Gasteiger partial charge >= 0.3 is 5.97 Å². The molecule has 8 heteroatoms. The lowest BCUT2D eigenvalue weighted by Gasteiger charge is -2.19. The molecule has 0 aliphatic heterocycles. The molecule has 6 nitrogen and oxygen atoms in total. The lowest BCUT2D eigenvalue weighted by molar-refractivity contribution is 0.0696. The Bertz CT molecular complexity index is 991. The number of benzene rings is 1. The summed E-state index contributed by atoms with van der Waals surface area (Å²) in [5.74, 6) is -1.01. The van der Waals surface area contributed by atoms with Crippen LogP contribution in [0.4, 0.5) is 5.69 Å². The molecule has 0 spiro atoms. The van der Waals surface area contributed by atoms with Crippen LogP contribution in [0.25, 0.3) is 0 Å². The van der Waals surface area contributed by atoms with E-state index >= 15 is 0 Å². The van der Waals surface area contributed by atoms with Crippen LogP contribution in [0.1, 0.15) is 44.5 Å². The van der Waals surface area contributed by atoms with Gasteiger partial charge in [-0.15, -0.1) is 11.3 Å². The number of thiophene rings is 1. The van der Waals surface area contributed by atoms with Gasteiger partial charge in [-0.2, -0.15) is 0 Å². The van der Waals surface area contributed by atoms with E-state index in [-0.39, 0.29) is 22.1 Å². The molecule has 1 aromatic heterocycles. The third-order valence-electron chi connectivity index (χ3n) is 4.49. The highest BCUT2D eigenvalue weighted by Crippen LogP contribution is 2.33. The van der Waals surface area contributed by atoms with Gasteiger partial charge in [0.15, 0.2) is 9.84 Å². The molecule has 1 amide bonds. The van der Waals surface area contributed by atoms with E-state index < -0.39 is 15.8 Å². The molecule has 0 fully saturated rings. The quantitative estimate of drug-likeness (QED) is 0.831. The first kappa shape index (κ1) is 18.6. The van der Waals surface area contributed by atoms with Gasteiger partial charge in [0.2, 0.25) is 0 Å². The molecule has 0 saturated carbocycles. The summed E-state index contributed by atoms with van der Waals surface area (Å²) in [6, 6.07) is 3.62. The Labute approximate surface area is 155 Å². The van der Waals surface area contributed by atoms with Gasteiger partial charge in [-0.05, 0) is 48.9 Å². The molecule has 138 valence electrons. The number of rotatable bonds is 4. The Balaban J connectivity index is 1.93. The molecule has 1 atom stereocenters. The van der Waals surface area contributed by atoms with Crippen LogP contribution in [0.2, 0.25) is 0 Å². The topological polar surface area (TPSA) is 101 Å². The van der Waals surface area contributed by atoms with Crippen molar-refractivity contribution in [3.8, 4) is 0 Å². The van der Waals surface area contributed by atoms with Gasteiger partial charge in [-0.1, -0.05) is 6.92 Å². The molecule has 1 aliphatic rings. The van der Waals surface area contributed by atoms with Gasteiger partial charge in [0.05, 0.1) is 16.0 Å². The number of hydrogen-bond donors (Lipinski definition) is 2. The standard InChI is InChI=1S/C18H19NO5S2/c1-10-3-4-14-15(9-25-16(14)5-10)17(20)19-12-6-11(18(21)22)7-13(8-12)26(2,23)24/h6-10H,3-5H2,1-2H3,(H,19,20)(H,21,22). The maximum atomic E-state index is 12.7. The van der Waals surface area contributed by atoms with Crippen molar-refractivity contribution in [1.82, 2.24) is 0 Å². The summed E-state index contributed by atoms with van der Waals surface area (Å²) in [5.41, 5.74) is 1.59. The fraction of sp³-hybridized carbons (Fsp3) is 0.333. The van der Waals surface area contributed by atoms with Crippen LogP contribution in [0.5, 0.6) is 0 Å². The number of nitrogens with one attached hydrogen (secondary N) is 1. The number of carboxylic acids is 1. The normalized spacial score (nSPS) is 16.8. The Morgan fingerprint density at radius 3 is 2.65 bits per heavy atom. The van der Waals surface area contributed by atoms with E-state index in [1.165, 1.54) is 17.0 Å². The first-order valence-corrected chi connectivity index (χ1v) is 10.9. The van der Waals surface area contributed by atoms with Gasteiger partial charge in [-0.3, -0.25) is 4.79 Å². The van der Waals surface area contributed by atoms with Crippen LogP contribution in [-0.2, 0) is 22.7 Å². The molecule has 1 heterocycles. The van der Waals surface area contributed by atoms with E-state index in [0.717, 1.165) is 37.1 Å². The second kappa shape index (κ2) is 6.85. The predicted octanol–water partition coefficient (Wildman–Crippen LogP) is 3.23. The Morgan fingerprint density at radius 1 is 1.27 bits per heavy atom. The van der Waals surface area contributed by atoms with Crippen molar-refractivity contribution in [1.29, 1.82) is 0 Å². The van der Waals surface area contributed by atoms with Crippen molar-refractivity contribution in [2.75, 3.05) is 11.6 Å². The first-order chi connectivity index (χ1) is 12.1. The number of carboxylic acid groups (broad SMARTS) is 1. The highest BCUT2D eigenvalue weighted by atomic mass is 32.2. The maximum absolute atomic E-state index is 12.7. The summed E-state index contributed by atoms with van der Waals surface area (Å²) in [6.07, 6.45) is 3.82. The largest absolute Gasteiger partial charge is 0.478 e. The lowest BCUT2D eigenvalue weighted by Crippen LogP contribution is -2.17. The van der Waals surface area contributed by atoms with Crippen molar-refractivity contribution in [3.63, 3.8) is 0 Å². The summed E-state index contributed by atoms with van der Waals surface area (Å²) in [7, 11) is -3.60. The molecule has 0 bridgehead atoms. The van der Waals surface area contributed by atoms with Gasteiger partial charge in [0, 0.05) is 22.2 Å². The van der Waals surface area contributed by atoms with E-state index in [0.29, 0.717) is 11.5 Å². The van der Waals surface area contributed by atoms with Gasteiger partial charge < -0.3 is 10.4 Å². The number of carbonyl (C=O) groups excluding carboxylic acids is 1. The van der Waals surface area contributed by atoms with Crippen molar-refractivity contribution in [2.45, 2.75) is 31.1 Å². The fourth-order valence-electron chi connectivity index (χ4n) is 3.07. The molecular weight excluding hydrogens is 374 g/mol. The molecule has 3 rings (SSSR count). The minimum atomic E-state index is -3.60. The molecule has 1 aliphatic carbocycles. The van der Waals surface area contributed by atoms with Crippen LogP contribution in [-0.4, -0.2) is 31.7 Å². The number of anilines is 1. The van der Waals surface area contributed by atoms with Crippen molar-refractivity contribution in [3.05, 3.63) is 45.1 Å². The van der Waals surface area contributed by atoms with E-state index in [1.807, 2.05) is 5.38 Å². The van der Waals surface area contributed by atoms with Gasteiger partial charge in [0.25, 0.3) is 5.91 Å². The Hall–Kier alpha value is -2.19. The highest BCUT2D eigenvalue weighted by Gasteiger charge is 2.23. The molecule has 0 radical (unpaired) electrons. The van der Waals surface area contributed by atoms with Gasteiger partial charge in [0.1, 0.15) is 0 Å². The zero-order chi connectivity index (χ0) is 19.1. The summed E-state index contributed by atoms with van der Waals surface area (Å²) in [6.45, 7) is 2.19. The average molecular weight is 393 g/mol. The molecule has 1 unspecified atom stereocenters. The van der Waals surface area contributed by atoms with Crippen LogP contribution < -0.4 is 5.32 Å². The summed E-state index contributed by atoms with van der Waals surface area (Å²) in [5, 5.41) is 13.7. The first-order valence-electron chi connectivity index (χ1n) is 8.14. The Morgan fingerprint density at radius 2 is 2.00 bits per heavy atom. The van der Waals surface area contributed by atoms with Crippen LogP contribution in [0.3, 0.4) is 0 Å². The van der Waals surface area contributed by atoms with Gasteiger partial charge in [-0.25, -0.2) is 13.2 Å². The minimum absolute atomic E-state index is 0.145. The third kappa shape index (κ3) is 3.81. The summed E-state index contributed by atoms with van der Waals surface area (Å²) >= 11 is 1.56. The van der Waals surface area contributed by atoms with E-state index in [9.17, 15) is 23.1 Å². The summed E-state index contributed by atoms with van der Waals surface area (Å²) in [4.78, 5) is 25.0. The van der Waals surface area contributed by atoms with Crippen molar-refractivity contribution < 1.29 is 23.1 Å². The molecule has 2 N–H and O–H groups in total. The van der Waals surface area contributed by atoms with E-state index in [1.54, 1.807) is 11.3 Å². The minimum Gasteiger partial charge on any atom is -0.478 e. The fourth-order valence-corrected chi connectivity index (χ4v) is 5.00. The average Bonchev–Trinajstić information content (AvgIpc) is 2.96. The monoisotopic (exact) mass is 393 g/mol. The van der Waals surface area contributed by atoms with E-state index in [4.69, 9.17) is 0 Å². The van der Waals surface area contributed by atoms with E-state index in [2.05, 4.69) is 12.2 Å². The highest BCUT2D eigenvalue weighted by molar-refractivity contribution is 7.90. The number of amides is 1. The number of hydrogen-bond acceptors (Lipinski definition) is 5. The number of carbonyl (C=O) groups is 2. The number of fused-ring (bicyclic) bond motifs is 1. The second-order valence-corrected chi connectivity index (χ2v) is 9.66. The zero-order valence-electron chi connectivity index (χ0n) is 14.4. The molecule has 26 heavy (non-hydrogen) atoms. The molecule has 1 aromatic carbocycles. The summed E-state index contributed by atoms with van der Waals surface area (Å²) < 4.78 is 23.6. The smallest absolute Gasteiger partial charge is 0.335 e.